The summed E-state index contributed by atoms with van der Waals surface area (Å²) < 4.78 is 4.69. The van der Waals surface area contributed by atoms with Crippen molar-refractivity contribution in [3.05, 3.63) is 22.2 Å². The highest BCUT2D eigenvalue weighted by atomic mass is 16.6. The fraction of sp³-hybridized carbons (Fsp3) is 0.333. The number of hydrogen-bond donors (Lipinski definition) is 3. The maximum absolute atomic E-state index is 11.1. The first-order valence-electron chi connectivity index (χ1n) is 5.09. The number of aromatic nitrogens is 1. The van der Waals surface area contributed by atoms with Gasteiger partial charge < -0.3 is 15.5 Å². The van der Waals surface area contributed by atoms with Crippen molar-refractivity contribution in [3.8, 4) is 0 Å². The van der Waals surface area contributed by atoms with Crippen molar-refractivity contribution in [2.45, 2.75) is 6.92 Å². The highest BCUT2D eigenvalue weighted by molar-refractivity contribution is 5.74. The van der Waals surface area contributed by atoms with Crippen molar-refractivity contribution in [3.63, 3.8) is 0 Å². The third-order valence-corrected chi connectivity index (χ3v) is 1.89. The van der Waals surface area contributed by atoms with Crippen LogP contribution in [0.5, 0.6) is 0 Å². The number of nitrogen functional groups attached to an aromatic ring is 1. The van der Waals surface area contributed by atoms with Crippen molar-refractivity contribution in [1.29, 1.82) is 0 Å². The molecule has 0 aliphatic rings. The molecule has 0 amide bonds. The molecule has 9 nitrogen and oxygen atoms in total. The number of ether oxygens (including phenoxy) is 1. The lowest BCUT2D eigenvalue weighted by Gasteiger charge is -2.07. The molecule has 1 aromatic rings. The first-order valence-corrected chi connectivity index (χ1v) is 5.09. The molecule has 0 fully saturated rings. The van der Waals surface area contributed by atoms with Gasteiger partial charge in [0.25, 0.3) is 5.69 Å². The van der Waals surface area contributed by atoms with Crippen LogP contribution in [0.4, 0.5) is 17.3 Å². The number of anilines is 2. The van der Waals surface area contributed by atoms with E-state index in [9.17, 15) is 14.9 Å². The van der Waals surface area contributed by atoms with Crippen LogP contribution in [0, 0.1) is 10.1 Å². The number of pyridine rings is 1. The molecule has 0 atom stereocenters. The summed E-state index contributed by atoms with van der Waals surface area (Å²) in [5.41, 5.74) is 2.01. The Morgan fingerprint density at radius 2 is 2.22 bits per heavy atom. The number of nitro groups is 1. The summed E-state index contributed by atoms with van der Waals surface area (Å²) in [6, 6.07) is 2.37. The SMILES string of the molecule is CCOC(=O)CNc1cc([N+](=O)[O-])cc(NN)n1. The van der Waals surface area contributed by atoms with Crippen molar-refractivity contribution in [2.24, 2.45) is 5.84 Å². The topological polar surface area (TPSA) is 132 Å². The molecule has 1 rings (SSSR count). The van der Waals surface area contributed by atoms with E-state index in [0.29, 0.717) is 0 Å². The monoisotopic (exact) mass is 255 g/mol. The first-order chi connectivity index (χ1) is 8.56. The molecule has 0 saturated carbocycles. The summed E-state index contributed by atoms with van der Waals surface area (Å²) in [6.45, 7) is 1.81. The third kappa shape index (κ3) is 3.87. The number of hydrazine groups is 1. The number of nitrogens with two attached hydrogens (primary N) is 1. The summed E-state index contributed by atoms with van der Waals surface area (Å²) in [6.07, 6.45) is 0. The first kappa shape index (κ1) is 13.6. The average molecular weight is 255 g/mol. The van der Waals surface area contributed by atoms with Crippen LogP contribution in [0.25, 0.3) is 0 Å². The molecule has 18 heavy (non-hydrogen) atoms. The van der Waals surface area contributed by atoms with Gasteiger partial charge in [-0.25, -0.2) is 10.8 Å². The molecular weight excluding hydrogens is 242 g/mol. The van der Waals surface area contributed by atoms with Gasteiger partial charge in [-0.3, -0.25) is 14.9 Å². The number of hydrogen-bond acceptors (Lipinski definition) is 8. The van der Waals surface area contributed by atoms with E-state index in [-0.39, 0.29) is 30.5 Å². The molecule has 0 unspecified atom stereocenters. The molecule has 1 aromatic heterocycles. The van der Waals surface area contributed by atoms with E-state index < -0.39 is 10.9 Å². The van der Waals surface area contributed by atoms with Crippen molar-refractivity contribution < 1.29 is 14.5 Å². The molecule has 0 saturated heterocycles. The Labute approximate surface area is 102 Å². The lowest BCUT2D eigenvalue weighted by molar-refractivity contribution is -0.384. The predicted molar refractivity (Wildman–Crippen MR) is 63.8 cm³/mol. The second kappa shape index (κ2) is 6.35. The maximum atomic E-state index is 11.1. The average Bonchev–Trinajstić information content (AvgIpc) is 2.36. The zero-order chi connectivity index (χ0) is 13.5. The molecule has 0 bridgehead atoms. The van der Waals surface area contributed by atoms with Crippen LogP contribution in [0.3, 0.4) is 0 Å². The van der Waals surface area contributed by atoms with E-state index in [4.69, 9.17) is 10.6 Å². The minimum atomic E-state index is -0.585. The predicted octanol–water partition coefficient (Wildman–Crippen LogP) is 0.250. The normalized spacial score (nSPS) is 9.67. The zero-order valence-electron chi connectivity index (χ0n) is 9.67. The van der Waals surface area contributed by atoms with Crippen LogP contribution in [-0.4, -0.2) is 29.0 Å². The Morgan fingerprint density at radius 3 is 2.78 bits per heavy atom. The smallest absolute Gasteiger partial charge is 0.325 e. The maximum Gasteiger partial charge on any atom is 0.325 e. The lowest BCUT2D eigenvalue weighted by atomic mass is 10.3. The van der Waals surface area contributed by atoms with Gasteiger partial charge in [0.15, 0.2) is 0 Å². The molecule has 0 aliphatic carbocycles. The summed E-state index contributed by atoms with van der Waals surface area (Å²) in [5, 5.41) is 13.3. The highest BCUT2D eigenvalue weighted by Gasteiger charge is 2.11. The lowest BCUT2D eigenvalue weighted by Crippen LogP contribution is -2.18. The summed E-state index contributed by atoms with van der Waals surface area (Å²) in [5.74, 6) is 4.94. The van der Waals surface area contributed by atoms with Gasteiger partial charge >= 0.3 is 5.97 Å². The van der Waals surface area contributed by atoms with Crippen LogP contribution in [-0.2, 0) is 9.53 Å². The molecule has 0 aromatic carbocycles. The summed E-state index contributed by atoms with van der Waals surface area (Å²) in [7, 11) is 0. The molecule has 1 heterocycles. The van der Waals surface area contributed by atoms with Gasteiger partial charge in [-0.1, -0.05) is 0 Å². The number of nitrogens with one attached hydrogen (secondary N) is 2. The van der Waals surface area contributed by atoms with E-state index in [1.807, 2.05) is 0 Å². The highest BCUT2D eigenvalue weighted by Crippen LogP contribution is 2.19. The molecule has 9 heteroatoms. The zero-order valence-corrected chi connectivity index (χ0v) is 9.67. The van der Waals surface area contributed by atoms with Crippen molar-refractivity contribution >= 4 is 23.3 Å². The van der Waals surface area contributed by atoms with Gasteiger partial charge in [0.2, 0.25) is 0 Å². The van der Waals surface area contributed by atoms with E-state index in [2.05, 4.69) is 15.7 Å². The van der Waals surface area contributed by atoms with Crippen molar-refractivity contribution in [2.75, 3.05) is 23.9 Å². The second-order valence-electron chi connectivity index (χ2n) is 3.16. The van der Waals surface area contributed by atoms with Gasteiger partial charge in [-0.2, -0.15) is 0 Å². The molecule has 0 radical (unpaired) electrons. The second-order valence-corrected chi connectivity index (χ2v) is 3.16. The largest absolute Gasteiger partial charge is 0.465 e. The van der Waals surface area contributed by atoms with E-state index in [1.54, 1.807) is 6.92 Å². The fourth-order valence-corrected chi connectivity index (χ4v) is 1.16. The van der Waals surface area contributed by atoms with Gasteiger partial charge in [0.05, 0.1) is 23.7 Å². The Balaban J connectivity index is 2.78. The van der Waals surface area contributed by atoms with Gasteiger partial charge in [-0.15, -0.1) is 0 Å². The Bertz CT molecular complexity index is 451. The number of carbonyl (C=O) groups excluding carboxylic acids is 1. The fourth-order valence-electron chi connectivity index (χ4n) is 1.16. The molecule has 0 aliphatic heterocycles. The summed E-state index contributed by atoms with van der Waals surface area (Å²) in [4.78, 5) is 25.1. The minimum absolute atomic E-state index is 0.121. The van der Waals surface area contributed by atoms with Gasteiger partial charge in [-0.05, 0) is 6.92 Å². The van der Waals surface area contributed by atoms with Crippen LogP contribution >= 0.6 is 0 Å². The Kier molecular flexibility index (Phi) is 4.81. The number of carbonyl (C=O) groups is 1. The number of rotatable bonds is 6. The Morgan fingerprint density at radius 1 is 1.56 bits per heavy atom. The van der Waals surface area contributed by atoms with Crippen molar-refractivity contribution in [1.82, 2.24) is 4.98 Å². The van der Waals surface area contributed by atoms with E-state index in [0.717, 1.165) is 0 Å². The minimum Gasteiger partial charge on any atom is -0.465 e. The summed E-state index contributed by atoms with van der Waals surface area (Å²) >= 11 is 0. The van der Waals surface area contributed by atoms with Crippen LogP contribution in [0.1, 0.15) is 6.92 Å². The van der Waals surface area contributed by atoms with Crippen LogP contribution < -0.4 is 16.6 Å². The molecular formula is C9H13N5O4. The number of esters is 1. The van der Waals surface area contributed by atoms with Gasteiger partial charge in [0, 0.05) is 0 Å². The molecule has 0 spiro atoms. The van der Waals surface area contributed by atoms with E-state index >= 15 is 0 Å². The standard InChI is InChI=1S/C9H13N5O4/c1-2-18-9(15)5-11-7-3-6(14(16)17)4-8(12-7)13-10/h3-4H,2,5,10H2,1H3,(H2,11,12,13). The van der Waals surface area contributed by atoms with E-state index in [1.165, 1.54) is 12.1 Å². The quantitative estimate of drug-likeness (QED) is 0.285. The molecule has 4 N–H and O–H groups in total. The van der Waals surface area contributed by atoms with Gasteiger partial charge in [0.1, 0.15) is 18.2 Å². The Hall–Kier alpha value is -2.42. The third-order valence-electron chi connectivity index (χ3n) is 1.89. The van der Waals surface area contributed by atoms with Crippen LogP contribution in [0.15, 0.2) is 12.1 Å². The molecule has 98 valence electrons. The number of nitrogens with zero attached hydrogens (tertiary/aromatic N) is 2. The van der Waals surface area contributed by atoms with Crippen LogP contribution in [0.2, 0.25) is 0 Å².